The first-order valence-corrected chi connectivity index (χ1v) is 5.04. The van der Waals surface area contributed by atoms with Crippen LogP contribution in [0.4, 0.5) is 5.69 Å². The fourth-order valence-electron chi connectivity index (χ4n) is 1.58. The van der Waals surface area contributed by atoms with E-state index >= 15 is 0 Å². The van der Waals surface area contributed by atoms with Crippen LogP contribution >= 0.6 is 0 Å². The number of rotatable bonds is 2. The Morgan fingerprint density at radius 3 is 2.50 bits per heavy atom. The maximum atomic E-state index is 10.1. The van der Waals surface area contributed by atoms with Crippen LogP contribution in [0.3, 0.4) is 0 Å². The first kappa shape index (κ1) is 10.3. The number of hydrogen-bond acceptors (Lipinski definition) is 2. The molecule has 0 N–H and O–H groups in total. The summed E-state index contributed by atoms with van der Waals surface area (Å²) in [5, 5.41) is 0. The molecule has 0 aromatic heterocycles. The molecule has 2 heteroatoms. The Bertz CT molecular complexity index is 514. The molecular weight excluding hydrogens is 198 g/mol. The van der Waals surface area contributed by atoms with E-state index in [9.17, 15) is 4.79 Å². The van der Waals surface area contributed by atoms with Crippen molar-refractivity contribution in [2.24, 2.45) is 4.99 Å². The van der Waals surface area contributed by atoms with Crippen molar-refractivity contribution in [2.45, 2.75) is 6.42 Å². The van der Waals surface area contributed by atoms with Gasteiger partial charge in [0, 0.05) is 0 Å². The monoisotopic (exact) mass is 209 g/mol. The Labute approximate surface area is 94.3 Å². The highest BCUT2D eigenvalue weighted by molar-refractivity contribution is 5.77. The molecule has 0 fully saturated rings. The lowest BCUT2D eigenvalue weighted by molar-refractivity contribution is 0.565. The van der Waals surface area contributed by atoms with Crippen LogP contribution < -0.4 is 0 Å². The summed E-state index contributed by atoms with van der Waals surface area (Å²) in [7, 11) is 0. The van der Waals surface area contributed by atoms with E-state index < -0.39 is 0 Å². The highest BCUT2D eigenvalue weighted by Crippen LogP contribution is 2.24. The maximum Gasteiger partial charge on any atom is 0.240 e. The molecule has 78 valence electrons. The molecule has 1 aliphatic rings. The number of hydrogen-bond donors (Lipinski definition) is 0. The molecule has 0 bridgehead atoms. The Morgan fingerprint density at radius 2 is 1.94 bits per heavy atom. The number of nitrogens with zero attached hydrogens (tertiary/aromatic N) is 1. The predicted octanol–water partition coefficient (Wildman–Crippen LogP) is 3.55. The van der Waals surface area contributed by atoms with Crippen molar-refractivity contribution in [1.29, 1.82) is 0 Å². The van der Waals surface area contributed by atoms with Crippen molar-refractivity contribution in [2.75, 3.05) is 0 Å². The number of allylic oxidation sites excluding steroid dienone is 5. The van der Waals surface area contributed by atoms with Crippen LogP contribution in [0.5, 0.6) is 0 Å². The molecule has 16 heavy (non-hydrogen) atoms. The average molecular weight is 209 g/mol. The minimum Gasteiger partial charge on any atom is -0.211 e. The fraction of sp³-hybridized carbons (Fsp3) is 0.0714. The van der Waals surface area contributed by atoms with Crippen molar-refractivity contribution in [1.82, 2.24) is 0 Å². The van der Waals surface area contributed by atoms with Crippen LogP contribution in [0.15, 0.2) is 59.6 Å². The molecule has 2 rings (SSSR count). The van der Waals surface area contributed by atoms with Gasteiger partial charge in [0.05, 0.1) is 5.69 Å². The Balaban J connectivity index is 2.26. The average Bonchev–Trinajstić information content (AvgIpc) is 2.32. The summed E-state index contributed by atoms with van der Waals surface area (Å²) >= 11 is 0. The molecule has 0 radical (unpaired) electrons. The predicted molar refractivity (Wildman–Crippen MR) is 65.1 cm³/mol. The summed E-state index contributed by atoms with van der Waals surface area (Å²) in [5.74, 6) is 0. The molecule has 1 aliphatic carbocycles. The molecule has 1 aromatic rings. The molecule has 0 unspecified atom stereocenters. The topological polar surface area (TPSA) is 29.4 Å². The lowest BCUT2D eigenvalue weighted by atomic mass is 9.97. The third-order valence-corrected chi connectivity index (χ3v) is 2.46. The summed E-state index contributed by atoms with van der Waals surface area (Å²) in [4.78, 5) is 13.6. The van der Waals surface area contributed by atoms with E-state index in [1.807, 2.05) is 24.3 Å². The van der Waals surface area contributed by atoms with Crippen LogP contribution in [0.2, 0.25) is 0 Å². The first-order valence-electron chi connectivity index (χ1n) is 5.04. The van der Waals surface area contributed by atoms with E-state index in [4.69, 9.17) is 0 Å². The molecule has 0 amide bonds. The van der Waals surface area contributed by atoms with Gasteiger partial charge in [-0.2, -0.15) is 4.99 Å². The van der Waals surface area contributed by atoms with E-state index in [1.54, 1.807) is 12.1 Å². The number of aliphatic imine (C=N–C) groups is 1. The van der Waals surface area contributed by atoms with Gasteiger partial charge in [0.2, 0.25) is 6.08 Å². The number of isocyanates is 1. The van der Waals surface area contributed by atoms with Gasteiger partial charge >= 0.3 is 0 Å². The minimum atomic E-state index is 0.628. The minimum absolute atomic E-state index is 0.628. The van der Waals surface area contributed by atoms with Crippen LogP contribution in [0, 0.1) is 0 Å². The van der Waals surface area contributed by atoms with Crippen molar-refractivity contribution in [3.63, 3.8) is 0 Å². The summed E-state index contributed by atoms with van der Waals surface area (Å²) < 4.78 is 0. The van der Waals surface area contributed by atoms with E-state index in [0.717, 1.165) is 17.6 Å². The van der Waals surface area contributed by atoms with Crippen molar-refractivity contribution in [3.05, 3.63) is 60.2 Å². The molecule has 0 saturated carbocycles. The lowest BCUT2D eigenvalue weighted by Gasteiger charge is -2.08. The normalized spacial score (nSPS) is 14.2. The van der Waals surface area contributed by atoms with Gasteiger partial charge in [-0.25, -0.2) is 4.79 Å². The molecule has 0 atom stereocenters. The van der Waals surface area contributed by atoms with Crippen molar-refractivity contribution >= 4 is 17.3 Å². The van der Waals surface area contributed by atoms with Crippen molar-refractivity contribution < 1.29 is 4.79 Å². The highest BCUT2D eigenvalue weighted by Gasteiger charge is 2.02. The first-order chi connectivity index (χ1) is 7.79. The maximum absolute atomic E-state index is 10.1. The second-order valence-corrected chi connectivity index (χ2v) is 3.61. The molecule has 0 spiro atoms. The van der Waals surface area contributed by atoms with Gasteiger partial charge in [-0.15, -0.1) is 0 Å². The van der Waals surface area contributed by atoms with Crippen molar-refractivity contribution in [3.8, 4) is 0 Å². The van der Waals surface area contributed by atoms with Gasteiger partial charge in [0.15, 0.2) is 0 Å². The lowest BCUT2D eigenvalue weighted by Crippen LogP contribution is -1.86. The summed E-state index contributed by atoms with van der Waals surface area (Å²) in [5.41, 5.74) is 4.04. The molecule has 0 saturated heterocycles. The second kappa shape index (κ2) is 4.56. The third-order valence-electron chi connectivity index (χ3n) is 2.46. The molecular formula is C14H11NO. The molecule has 0 heterocycles. The van der Waals surface area contributed by atoms with Crippen LogP contribution in [0.1, 0.15) is 12.0 Å². The zero-order valence-corrected chi connectivity index (χ0v) is 8.81. The van der Waals surface area contributed by atoms with Gasteiger partial charge in [-0.3, -0.25) is 0 Å². The zero-order chi connectivity index (χ0) is 11.4. The highest BCUT2D eigenvalue weighted by atomic mass is 16.1. The molecule has 0 aliphatic heterocycles. The Hall–Kier alpha value is -2.18. The van der Waals surface area contributed by atoms with E-state index in [-0.39, 0.29) is 0 Å². The largest absolute Gasteiger partial charge is 0.240 e. The standard InChI is InChI=1S/C14H11NO/c1-11-2-4-12(5-3-11)13-6-8-14(9-7-13)15-10-16/h2,4-9H,1,3H2. The number of carbonyl (C=O) groups excluding carboxylic acids is 1. The fourth-order valence-corrected chi connectivity index (χ4v) is 1.58. The quantitative estimate of drug-likeness (QED) is 0.541. The summed E-state index contributed by atoms with van der Waals surface area (Å²) in [6.45, 7) is 3.89. The van der Waals surface area contributed by atoms with Gasteiger partial charge in [0.1, 0.15) is 0 Å². The van der Waals surface area contributed by atoms with Crippen LogP contribution in [0.25, 0.3) is 5.57 Å². The summed E-state index contributed by atoms with van der Waals surface area (Å²) in [6, 6.07) is 7.50. The second-order valence-electron chi connectivity index (χ2n) is 3.61. The van der Waals surface area contributed by atoms with Gasteiger partial charge in [0.25, 0.3) is 0 Å². The van der Waals surface area contributed by atoms with E-state index in [1.165, 1.54) is 11.7 Å². The Kier molecular flexibility index (Phi) is 2.95. The SMILES string of the molecule is C=C1C=CC(c2ccc(N=C=O)cc2)=CC1. The zero-order valence-electron chi connectivity index (χ0n) is 8.81. The molecule has 2 nitrogen and oxygen atoms in total. The third kappa shape index (κ3) is 2.25. The van der Waals surface area contributed by atoms with E-state index in [2.05, 4.69) is 17.6 Å². The van der Waals surface area contributed by atoms with Gasteiger partial charge in [-0.05, 0) is 29.7 Å². The van der Waals surface area contributed by atoms with Gasteiger partial charge in [-0.1, -0.05) is 42.5 Å². The van der Waals surface area contributed by atoms with Crippen LogP contribution in [-0.2, 0) is 4.79 Å². The van der Waals surface area contributed by atoms with Gasteiger partial charge < -0.3 is 0 Å². The smallest absolute Gasteiger partial charge is 0.211 e. The summed E-state index contributed by atoms with van der Waals surface area (Å²) in [6.07, 6.45) is 8.62. The van der Waals surface area contributed by atoms with E-state index in [0.29, 0.717) is 5.69 Å². The Morgan fingerprint density at radius 1 is 1.19 bits per heavy atom. The number of benzene rings is 1. The molecule has 1 aromatic carbocycles. The van der Waals surface area contributed by atoms with Crippen LogP contribution in [-0.4, -0.2) is 6.08 Å².